The molecule has 0 fully saturated rings. The van der Waals surface area contributed by atoms with Gasteiger partial charge in [0.15, 0.2) is 0 Å². The lowest BCUT2D eigenvalue weighted by Gasteiger charge is -2.18. The van der Waals surface area contributed by atoms with Crippen molar-refractivity contribution in [3.8, 4) is 11.6 Å². The van der Waals surface area contributed by atoms with Gasteiger partial charge in [-0.3, -0.25) is 4.79 Å². The van der Waals surface area contributed by atoms with Gasteiger partial charge in [0.05, 0.1) is 25.5 Å². The third-order valence-electron chi connectivity index (χ3n) is 6.56. The number of halogens is 1. The minimum absolute atomic E-state index is 0.0141. The average Bonchev–Trinajstić information content (AvgIpc) is 2.91. The summed E-state index contributed by atoms with van der Waals surface area (Å²) in [4.78, 5) is 21.4. The number of hydrogen-bond donors (Lipinski definition) is 2. The van der Waals surface area contributed by atoms with Crippen LogP contribution in [0, 0.1) is 12.7 Å². The van der Waals surface area contributed by atoms with Crippen LogP contribution in [0.5, 0.6) is 11.6 Å². The highest BCUT2D eigenvalue weighted by molar-refractivity contribution is 5.95. The molecule has 0 aliphatic rings. The highest BCUT2D eigenvalue weighted by Crippen LogP contribution is 2.33. The molecule has 0 atom stereocenters. The van der Waals surface area contributed by atoms with E-state index in [2.05, 4.69) is 24.1 Å². The zero-order chi connectivity index (χ0) is 27.4. The zero-order valence-corrected chi connectivity index (χ0v) is 22.3. The van der Waals surface area contributed by atoms with E-state index < -0.39 is 5.82 Å². The number of pyridine rings is 3. The quantitative estimate of drug-likeness (QED) is 0.328. The molecule has 4 aromatic rings. The fraction of sp³-hybridized carbons (Fsp3) is 0.276. The molecule has 0 bridgehead atoms. The smallest absolute Gasteiger partial charge is 0.273 e. The molecule has 0 unspecified atom stereocenters. The Kier molecular flexibility index (Phi) is 7.95. The van der Waals surface area contributed by atoms with Crippen molar-refractivity contribution in [3.05, 3.63) is 92.9 Å². The number of nitrogens with one attached hydrogen (secondary N) is 1. The standard InChI is InChI=1S/C29H32FN5O3/c1-6-17(2)26(32-4)20-13-18(3)34-27-19(20)9-7-11-25(27)38-16-22-21(28(37-5)33-14-23(22)30)15-35-12-8-10-24(31)29(35)36/h7-14,32H,6,15-16,31H2,1-5H3/b26-17-. The van der Waals surface area contributed by atoms with Gasteiger partial charge in [0.1, 0.15) is 23.7 Å². The van der Waals surface area contributed by atoms with Crippen LogP contribution in [-0.4, -0.2) is 28.7 Å². The molecule has 1 aromatic carbocycles. The molecule has 38 heavy (non-hydrogen) atoms. The zero-order valence-electron chi connectivity index (χ0n) is 22.3. The van der Waals surface area contributed by atoms with Crippen molar-refractivity contribution < 1.29 is 13.9 Å². The van der Waals surface area contributed by atoms with Crippen molar-refractivity contribution in [2.24, 2.45) is 0 Å². The van der Waals surface area contributed by atoms with E-state index in [9.17, 15) is 4.79 Å². The number of fused-ring (bicyclic) bond motifs is 1. The van der Waals surface area contributed by atoms with Crippen LogP contribution in [0.15, 0.2) is 59.2 Å². The first kappa shape index (κ1) is 26.7. The maximum Gasteiger partial charge on any atom is 0.273 e. The summed E-state index contributed by atoms with van der Waals surface area (Å²) >= 11 is 0. The summed E-state index contributed by atoms with van der Waals surface area (Å²) in [6, 6.07) is 10.9. The second-order valence-corrected chi connectivity index (χ2v) is 8.98. The maximum atomic E-state index is 15.1. The van der Waals surface area contributed by atoms with Gasteiger partial charge in [-0.15, -0.1) is 0 Å². The van der Waals surface area contributed by atoms with Crippen molar-refractivity contribution in [2.45, 2.75) is 40.3 Å². The second kappa shape index (κ2) is 11.3. The largest absolute Gasteiger partial charge is 0.486 e. The van der Waals surface area contributed by atoms with Gasteiger partial charge in [0.2, 0.25) is 5.88 Å². The molecule has 3 heterocycles. The Balaban J connectivity index is 1.78. The van der Waals surface area contributed by atoms with E-state index in [1.807, 2.05) is 38.2 Å². The predicted octanol–water partition coefficient (Wildman–Crippen LogP) is 4.82. The van der Waals surface area contributed by atoms with Crippen molar-refractivity contribution >= 4 is 22.3 Å². The van der Waals surface area contributed by atoms with E-state index in [-0.39, 0.29) is 35.8 Å². The molecule has 8 nitrogen and oxygen atoms in total. The van der Waals surface area contributed by atoms with Crippen molar-refractivity contribution in [2.75, 3.05) is 19.9 Å². The van der Waals surface area contributed by atoms with Crippen LogP contribution in [-0.2, 0) is 13.2 Å². The molecule has 4 rings (SSSR count). The molecule has 9 heteroatoms. The van der Waals surface area contributed by atoms with Crippen LogP contribution in [0.1, 0.15) is 42.7 Å². The predicted molar refractivity (Wildman–Crippen MR) is 148 cm³/mol. The Labute approximate surface area is 220 Å². The molecule has 0 saturated carbocycles. The lowest BCUT2D eigenvalue weighted by molar-refractivity contribution is 0.297. The number of hydrogen-bond acceptors (Lipinski definition) is 7. The number of allylic oxidation sites excluding steroid dienone is 1. The summed E-state index contributed by atoms with van der Waals surface area (Å²) in [5.74, 6) is 0.147. The van der Waals surface area contributed by atoms with Crippen LogP contribution >= 0.6 is 0 Å². The Morgan fingerprint density at radius 3 is 2.71 bits per heavy atom. The van der Waals surface area contributed by atoms with Crippen LogP contribution in [0.2, 0.25) is 0 Å². The number of nitrogen functional groups attached to an aromatic ring is 1. The van der Waals surface area contributed by atoms with Crippen molar-refractivity contribution in [1.29, 1.82) is 0 Å². The fourth-order valence-electron chi connectivity index (χ4n) is 4.47. The van der Waals surface area contributed by atoms with E-state index in [0.717, 1.165) is 35.0 Å². The molecular formula is C29H32FN5O3. The number of anilines is 1. The SMILES string of the molecule is CC/C(C)=C(\NC)c1cc(C)nc2c(OCc3c(F)cnc(OC)c3Cn3cccc(N)c3=O)cccc12. The highest BCUT2D eigenvalue weighted by Gasteiger charge is 2.19. The van der Waals surface area contributed by atoms with Gasteiger partial charge in [0, 0.05) is 46.7 Å². The fourth-order valence-corrected chi connectivity index (χ4v) is 4.47. The second-order valence-electron chi connectivity index (χ2n) is 8.98. The summed E-state index contributed by atoms with van der Waals surface area (Å²) in [5, 5.41) is 4.25. The van der Waals surface area contributed by atoms with E-state index in [4.69, 9.17) is 20.2 Å². The molecule has 0 aliphatic heterocycles. The molecule has 0 aliphatic carbocycles. The summed E-state index contributed by atoms with van der Waals surface area (Å²) < 4.78 is 28.1. The van der Waals surface area contributed by atoms with Gasteiger partial charge in [-0.1, -0.05) is 19.1 Å². The van der Waals surface area contributed by atoms with E-state index in [1.54, 1.807) is 12.3 Å². The lowest BCUT2D eigenvalue weighted by atomic mass is 10.00. The number of methoxy groups -OCH3 is 1. The topological polar surface area (TPSA) is 104 Å². The molecule has 0 amide bonds. The van der Waals surface area contributed by atoms with Gasteiger partial charge < -0.3 is 25.1 Å². The first-order valence-electron chi connectivity index (χ1n) is 12.3. The van der Waals surface area contributed by atoms with Crippen molar-refractivity contribution in [3.63, 3.8) is 0 Å². The van der Waals surface area contributed by atoms with Crippen LogP contribution in [0.3, 0.4) is 0 Å². The maximum absolute atomic E-state index is 15.1. The van der Waals surface area contributed by atoms with E-state index in [1.165, 1.54) is 23.3 Å². The molecule has 0 spiro atoms. The number of ether oxygens (including phenoxy) is 2. The minimum Gasteiger partial charge on any atom is -0.486 e. The number of aryl methyl sites for hydroxylation is 1. The molecule has 3 N–H and O–H groups in total. The molecule has 3 aromatic heterocycles. The Morgan fingerprint density at radius 1 is 1.21 bits per heavy atom. The Hall–Kier alpha value is -4.40. The van der Waals surface area contributed by atoms with Gasteiger partial charge in [-0.05, 0) is 50.1 Å². The molecular weight excluding hydrogens is 485 g/mol. The van der Waals surface area contributed by atoms with Crippen LogP contribution in [0.25, 0.3) is 16.6 Å². The van der Waals surface area contributed by atoms with Gasteiger partial charge >= 0.3 is 0 Å². The first-order chi connectivity index (χ1) is 18.3. The number of nitrogens with two attached hydrogens (primary N) is 1. The first-order valence-corrected chi connectivity index (χ1v) is 12.3. The number of para-hydroxylation sites is 1. The monoisotopic (exact) mass is 517 g/mol. The Morgan fingerprint density at radius 2 is 2.00 bits per heavy atom. The lowest BCUT2D eigenvalue weighted by Crippen LogP contribution is -2.23. The molecule has 0 saturated heterocycles. The highest BCUT2D eigenvalue weighted by atomic mass is 19.1. The van der Waals surface area contributed by atoms with E-state index >= 15 is 4.39 Å². The normalized spacial score (nSPS) is 11.8. The molecule has 198 valence electrons. The number of benzene rings is 1. The third kappa shape index (κ3) is 5.18. The number of rotatable bonds is 9. The summed E-state index contributed by atoms with van der Waals surface area (Å²) in [6.45, 7) is 6.04. The van der Waals surface area contributed by atoms with Crippen molar-refractivity contribution in [1.82, 2.24) is 19.9 Å². The van der Waals surface area contributed by atoms with E-state index in [0.29, 0.717) is 16.8 Å². The number of nitrogens with zero attached hydrogens (tertiary/aromatic N) is 3. The Bertz CT molecular complexity index is 1580. The van der Waals surface area contributed by atoms with Gasteiger partial charge in [0.25, 0.3) is 5.56 Å². The summed E-state index contributed by atoms with van der Waals surface area (Å²) in [7, 11) is 3.35. The van der Waals surface area contributed by atoms with Crippen LogP contribution in [0.4, 0.5) is 10.1 Å². The van der Waals surface area contributed by atoms with Gasteiger partial charge in [-0.25, -0.2) is 14.4 Å². The minimum atomic E-state index is -0.568. The third-order valence-corrected chi connectivity index (χ3v) is 6.56. The van der Waals surface area contributed by atoms with Gasteiger partial charge in [-0.2, -0.15) is 0 Å². The number of aromatic nitrogens is 3. The average molecular weight is 518 g/mol. The molecule has 0 radical (unpaired) electrons. The summed E-state index contributed by atoms with van der Waals surface area (Å²) in [6.07, 6.45) is 3.57. The van der Waals surface area contributed by atoms with Crippen LogP contribution < -0.4 is 26.1 Å². The summed E-state index contributed by atoms with van der Waals surface area (Å²) in [5.41, 5.74) is 10.9.